The van der Waals surface area contributed by atoms with Crippen molar-refractivity contribution in [3.63, 3.8) is 0 Å². The molecule has 0 bridgehead atoms. The fourth-order valence-electron chi connectivity index (χ4n) is 4.80. The number of hydrogen-bond acceptors (Lipinski definition) is 4. The van der Waals surface area contributed by atoms with Crippen LogP contribution in [0.3, 0.4) is 0 Å². The SMILES string of the molecule is Cc1cc(C2=NCC(C)(c3cc(Cl)cc(Cl)c3)C2)ccc1C(=O)CC1(C)CS(=O)(=O)C1. The predicted molar refractivity (Wildman–Crippen MR) is 127 cm³/mol. The average molecular weight is 478 g/mol. The minimum absolute atomic E-state index is 0.00628. The van der Waals surface area contributed by atoms with E-state index in [-0.39, 0.29) is 29.1 Å². The highest BCUT2D eigenvalue weighted by Crippen LogP contribution is 2.39. The molecule has 0 spiro atoms. The lowest BCUT2D eigenvalue weighted by molar-refractivity contribution is 0.0936. The van der Waals surface area contributed by atoms with Crippen molar-refractivity contribution in [2.75, 3.05) is 18.1 Å². The molecule has 0 aromatic heterocycles. The Hall–Kier alpha value is -1.69. The monoisotopic (exact) mass is 477 g/mol. The number of carbonyl (C=O) groups is 1. The van der Waals surface area contributed by atoms with Crippen molar-refractivity contribution in [3.8, 4) is 0 Å². The Morgan fingerprint density at radius 2 is 1.71 bits per heavy atom. The molecule has 7 heteroatoms. The molecule has 164 valence electrons. The molecule has 2 aliphatic heterocycles. The maximum atomic E-state index is 12.8. The third-order valence-electron chi connectivity index (χ3n) is 6.32. The van der Waals surface area contributed by atoms with Crippen LogP contribution in [-0.2, 0) is 15.3 Å². The van der Waals surface area contributed by atoms with Crippen LogP contribution in [0.2, 0.25) is 10.0 Å². The van der Waals surface area contributed by atoms with Crippen molar-refractivity contribution in [2.45, 2.75) is 39.0 Å². The fourth-order valence-corrected chi connectivity index (χ4v) is 7.57. The Balaban J connectivity index is 1.50. The zero-order valence-corrected chi connectivity index (χ0v) is 20.2. The number of aryl methyl sites for hydroxylation is 1. The minimum atomic E-state index is -2.97. The van der Waals surface area contributed by atoms with Crippen LogP contribution in [0.25, 0.3) is 0 Å². The number of sulfone groups is 1. The number of benzene rings is 2. The second kappa shape index (κ2) is 7.72. The lowest BCUT2D eigenvalue weighted by Crippen LogP contribution is -2.47. The molecule has 1 fully saturated rings. The van der Waals surface area contributed by atoms with Crippen molar-refractivity contribution in [2.24, 2.45) is 10.4 Å². The summed E-state index contributed by atoms with van der Waals surface area (Å²) in [6.07, 6.45) is 1.01. The van der Waals surface area contributed by atoms with Crippen LogP contribution in [-0.4, -0.2) is 38.0 Å². The Bertz CT molecular complexity index is 1190. The Labute approximate surface area is 193 Å². The smallest absolute Gasteiger partial charge is 0.163 e. The Morgan fingerprint density at radius 3 is 2.29 bits per heavy atom. The summed E-state index contributed by atoms with van der Waals surface area (Å²) in [6, 6.07) is 11.4. The van der Waals surface area contributed by atoms with E-state index >= 15 is 0 Å². The van der Waals surface area contributed by atoms with Crippen molar-refractivity contribution >= 4 is 44.5 Å². The Kier molecular flexibility index (Phi) is 5.60. The summed E-state index contributed by atoms with van der Waals surface area (Å²) in [4.78, 5) is 17.6. The van der Waals surface area contributed by atoms with Gasteiger partial charge >= 0.3 is 0 Å². The first-order valence-corrected chi connectivity index (χ1v) is 12.8. The van der Waals surface area contributed by atoms with Crippen molar-refractivity contribution < 1.29 is 13.2 Å². The van der Waals surface area contributed by atoms with Crippen LogP contribution >= 0.6 is 23.2 Å². The van der Waals surface area contributed by atoms with Gasteiger partial charge in [0, 0.05) is 51.5 Å². The van der Waals surface area contributed by atoms with Crippen molar-refractivity contribution in [1.29, 1.82) is 0 Å². The third-order valence-corrected chi connectivity index (χ3v) is 9.03. The van der Waals surface area contributed by atoms with Gasteiger partial charge in [-0.2, -0.15) is 0 Å². The number of hydrogen-bond donors (Lipinski definition) is 0. The standard InChI is InChI=1S/C24H25Cl2NO3S/c1-15-6-16(4-5-20(15)22(28)11-23(2)13-31(29,30)14-23)21-10-24(3,12-27-21)17-7-18(25)9-19(26)8-17/h4-9H,10-14H2,1-3H3. The predicted octanol–water partition coefficient (Wildman–Crippen LogP) is 5.46. The summed E-state index contributed by atoms with van der Waals surface area (Å²) in [5.74, 6) is 0.172. The van der Waals surface area contributed by atoms with Gasteiger partial charge in [-0.25, -0.2) is 8.42 Å². The van der Waals surface area contributed by atoms with Gasteiger partial charge in [-0.05, 0) is 47.9 Å². The van der Waals surface area contributed by atoms with Gasteiger partial charge in [0.1, 0.15) is 0 Å². The highest BCUT2D eigenvalue weighted by molar-refractivity contribution is 7.92. The second-order valence-electron chi connectivity index (χ2n) is 9.63. The van der Waals surface area contributed by atoms with Crippen LogP contribution in [0.5, 0.6) is 0 Å². The first kappa shape index (κ1) is 22.5. The highest BCUT2D eigenvalue weighted by atomic mass is 35.5. The molecule has 0 saturated carbocycles. The van der Waals surface area contributed by atoms with Gasteiger partial charge in [-0.1, -0.05) is 49.2 Å². The molecular weight excluding hydrogens is 453 g/mol. The largest absolute Gasteiger partial charge is 0.294 e. The molecule has 0 N–H and O–H groups in total. The summed E-state index contributed by atoms with van der Waals surface area (Å²) < 4.78 is 23.1. The highest BCUT2D eigenvalue weighted by Gasteiger charge is 2.45. The maximum absolute atomic E-state index is 12.8. The molecule has 4 rings (SSSR count). The molecule has 4 nitrogen and oxygen atoms in total. The molecule has 2 aromatic rings. The first-order chi connectivity index (χ1) is 14.4. The molecule has 1 unspecified atom stereocenters. The van der Waals surface area contributed by atoms with Crippen LogP contribution in [0.1, 0.15) is 53.7 Å². The van der Waals surface area contributed by atoms with Crippen LogP contribution in [0, 0.1) is 12.3 Å². The number of ketones is 1. The van der Waals surface area contributed by atoms with Gasteiger partial charge < -0.3 is 0 Å². The lowest BCUT2D eigenvalue weighted by atomic mass is 9.79. The third kappa shape index (κ3) is 4.59. The topological polar surface area (TPSA) is 63.6 Å². The zero-order valence-electron chi connectivity index (χ0n) is 17.8. The number of rotatable bonds is 5. The first-order valence-electron chi connectivity index (χ1n) is 10.2. The summed E-state index contributed by atoms with van der Waals surface area (Å²) >= 11 is 12.4. The van der Waals surface area contributed by atoms with E-state index in [1.807, 2.05) is 44.2 Å². The number of aliphatic imine (C=N–C) groups is 1. The van der Waals surface area contributed by atoms with E-state index in [9.17, 15) is 13.2 Å². The van der Waals surface area contributed by atoms with Gasteiger partial charge in [0.25, 0.3) is 0 Å². The summed E-state index contributed by atoms with van der Waals surface area (Å²) in [6.45, 7) is 6.59. The van der Waals surface area contributed by atoms with Gasteiger partial charge in [0.05, 0.1) is 11.5 Å². The molecule has 0 aliphatic carbocycles. The molecule has 2 heterocycles. The van der Waals surface area contributed by atoms with E-state index in [1.165, 1.54) is 0 Å². The Morgan fingerprint density at radius 1 is 1.06 bits per heavy atom. The average Bonchev–Trinajstić information content (AvgIpc) is 3.02. The van der Waals surface area contributed by atoms with Gasteiger partial charge in [0.15, 0.2) is 15.6 Å². The van der Waals surface area contributed by atoms with Crippen LogP contribution < -0.4 is 0 Å². The number of Topliss-reactive ketones (excluding diaryl/α,β-unsaturated/α-hetero) is 1. The van der Waals surface area contributed by atoms with E-state index in [0.717, 1.165) is 28.8 Å². The summed E-state index contributed by atoms with van der Waals surface area (Å²) in [7, 11) is -2.97. The van der Waals surface area contributed by atoms with E-state index in [4.69, 9.17) is 28.2 Å². The van der Waals surface area contributed by atoms with E-state index in [0.29, 0.717) is 22.2 Å². The molecular formula is C24H25Cl2NO3S. The molecule has 1 saturated heterocycles. The van der Waals surface area contributed by atoms with Gasteiger partial charge in [-0.15, -0.1) is 0 Å². The quantitative estimate of drug-likeness (QED) is 0.536. The second-order valence-corrected chi connectivity index (χ2v) is 12.6. The van der Waals surface area contributed by atoms with Crippen molar-refractivity contribution in [1.82, 2.24) is 0 Å². The minimum Gasteiger partial charge on any atom is -0.294 e. The van der Waals surface area contributed by atoms with E-state index < -0.39 is 15.3 Å². The molecule has 2 aliphatic rings. The molecule has 2 aromatic carbocycles. The zero-order chi connectivity index (χ0) is 22.6. The van der Waals surface area contributed by atoms with Crippen LogP contribution in [0.15, 0.2) is 41.4 Å². The fraction of sp³-hybridized carbons (Fsp3) is 0.417. The maximum Gasteiger partial charge on any atom is 0.163 e. The number of halogens is 2. The molecule has 1 atom stereocenters. The van der Waals surface area contributed by atoms with Crippen molar-refractivity contribution in [3.05, 3.63) is 68.7 Å². The lowest BCUT2D eigenvalue weighted by Gasteiger charge is -2.37. The normalized spacial score (nSPS) is 23.8. The molecule has 31 heavy (non-hydrogen) atoms. The van der Waals surface area contributed by atoms with E-state index in [2.05, 4.69) is 6.92 Å². The molecule has 0 radical (unpaired) electrons. The van der Waals surface area contributed by atoms with Gasteiger partial charge in [-0.3, -0.25) is 9.79 Å². The molecule has 0 amide bonds. The summed E-state index contributed by atoms with van der Waals surface area (Å²) in [5.41, 5.74) is 3.97. The number of nitrogens with zero attached hydrogens (tertiary/aromatic N) is 1. The number of carbonyl (C=O) groups excluding carboxylic acids is 1. The van der Waals surface area contributed by atoms with E-state index in [1.54, 1.807) is 6.07 Å². The van der Waals surface area contributed by atoms with Crippen LogP contribution in [0.4, 0.5) is 0 Å². The summed E-state index contributed by atoms with van der Waals surface area (Å²) in [5, 5.41) is 1.23. The van der Waals surface area contributed by atoms with Gasteiger partial charge in [0.2, 0.25) is 0 Å².